The standard InChI is InChI=1S/C16H12BrNO5/c1-23-15-9-10(8-13(16(15)20)18(21)22)2-7-14(19)11-3-5-12(17)6-4-11/h2-9,20H,1H3/p-1/b7-2+. The first kappa shape index (κ1) is 16.7. The molecule has 0 saturated heterocycles. The SMILES string of the molecule is COc1cc(/C=C/C(=O)c2ccc(Br)cc2)cc([N+](=O)[O-])c1[O-]. The molecule has 0 fully saturated rings. The minimum atomic E-state index is -0.797. The van der Waals surface area contributed by atoms with E-state index in [9.17, 15) is 20.0 Å². The predicted octanol–water partition coefficient (Wildman–Crippen LogP) is 3.34. The van der Waals surface area contributed by atoms with Crippen molar-refractivity contribution in [2.24, 2.45) is 0 Å². The second-order valence-corrected chi connectivity index (χ2v) is 5.45. The maximum absolute atomic E-state index is 12.0. The van der Waals surface area contributed by atoms with Crippen LogP contribution in [-0.2, 0) is 0 Å². The molecule has 0 aliphatic heterocycles. The van der Waals surface area contributed by atoms with Gasteiger partial charge in [-0.05, 0) is 42.0 Å². The molecule has 0 aromatic heterocycles. The normalized spacial score (nSPS) is 10.7. The zero-order chi connectivity index (χ0) is 17.0. The van der Waals surface area contributed by atoms with Gasteiger partial charge in [-0.1, -0.05) is 22.0 Å². The van der Waals surface area contributed by atoms with Crippen LogP contribution in [0.25, 0.3) is 6.08 Å². The maximum Gasteiger partial charge on any atom is 0.266 e. The topological polar surface area (TPSA) is 92.5 Å². The van der Waals surface area contributed by atoms with E-state index in [1.165, 1.54) is 25.3 Å². The number of nitrogens with zero attached hydrogens (tertiary/aromatic N) is 1. The molecule has 0 atom stereocenters. The van der Waals surface area contributed by atoms with Crippen LogP contribution in [0.1, 0.15) is 15.9 Å². The quantitative estimate of drug-likeness (QED) is 0.345. The Morgan fingerprint density at radius 3 is 2.48 bits per heavy atom. The van der Waals surface area contributed by atoms with Crippen LogP contribution in [0, 0.1) is 10.1 Å². The van der Waals surface area contributed by atoms with Crippen LogP contribution in [0.2, 0.25) is 0 Å². The average molecular weight is 377 g/mol. The zero-order valence-corrected chi connectivity index (χ0v) is 13.6. The highest BCUT2D eigenvalue weighted by Crippen LogP contribution is 2.34. The number of ether oxygens (including phenoxy) is 1. The van der Waals surface area contributed by atoms with Crippen LogP contribution in [0.4, 0.5) is 5.69 Å². The molecule has 0 spiro atoms. The van der Waals surface area contributed by atoms with Crippen molar-refractivity contribution in [2.75, 3.05) is 7.11 Å². The molecule has 2 aromatic carbocycles. The second kappa shape index (κ2) is 7.06. The highest BCUT2D eigenvalue weighted by molar-refractivity contribution is 9.10. The molecule has 118 valence electrons. The van der Waals surface area contributed by atoms with Gasteiger partial charge >= 0.3 is 0 Å². The van der Waals surface area contributed by atoms with Crippen LogP contribution < -0.4 is 9.84 Å². The van der Waals surface area contributed by atoms with Crippen molar-refractivity contribution in [3.63, 3.8) is 0 Å². The molecule has 0 N–H and O–H groups in total. The fourth-order valence-electron chi connectivity index (χ4n) is 1.87. The first-order valence-electron chi connectivity index (χ1n) is 6.44. The number of allylic oxidation sites excluding steroid dienone is 1. The number of nitro groups is 1. The van der Waals surface area contributed by atoms with Gasteiger partial charge in [-0.15, -0.1) is 0 Å². The third-order valence-electron chi connectivity index (χ3n) is 3.03. The summed E-state index contributed by atoms with van der Waals surface area (Å²) in [5, 5.41) is 22.6. The van der Waals surface area contributed by atoms with Gasteiger partial charge in [0.25, 0.3) is 5.69 Å². The van der Waals surface area contributed by atoms with Crippen molar-refractivity contribution in [1.82, 2.24) is 0 Å². The zero-order valence-electron chi connectivity index (χ0n) is 12.0. The van der Waals surface area contributed by atoms with Gasteiger partial charge in [-0.3, -0.25) is 14.9 Å². The number of nitro benzene ring substituents is 1. The van der Waals surface area contributed by atoms with Gasteiger partial charge in [0.2, 0.25) is 0 Å². The van der Waals surface area contributed by atoms with Crippen molar-refractivity contribution in [3.8, 4) is 11.5 Å². The number of carbonyl (C=O) groups excluding carboxylic acids is 1. The summed E-state index contributed by atoms with van der Waals surface area (Å²) in [4.78, 5) is 22.1. The smallest absolute Gasteiger partial charge is 0.266 e. The molecular formula is C16H11BrNO5-. The fraction of sp³-hybridized carbons (Fsp3) is 0.0625. The molecule has 2 aromatic rings. The third kappa shape index (κ3) is 3.95. The Balaban J connectivity index is 2.32. The summed E-state index contributed by atoms with van der Waals surface area (Å²) in [5.74, 6) is -1.20. The molecule has 0 radical (unpaired) electrons. The highest BCUT2D eigenvalue weighted by atomic mass is 79.9. The van der Waals surface area contributed by atoms with Crippen LogP contribution in [0.3, 0.4) is 0 Å². The van der Waals surface area contributed by atoms with Crippen LogP contribution in [0.15, 0.2) is 46.9 Å². The lowest BCUT2D eigenvalue weighted by Crippen LogP contribution is -2.01. The van der Waals surface area contributed by atoms with Crippen molar-refractivity contribution < 1.29 is 19.6 Å². The van der Waals surface area contributed by atoms with Crippen molar-refractivity contribution in [3.05, 3.63) is 68.2 Å². The molecule has 0 heterocycles. The van der Waals surface area contributed by atoms with Gasteiger partial charge in [0, 0.05) is 21.9 Å². The Morgan fingerprint density at radius 1 is 1.26 bits per heavy atom. The molecular weight excluding hydrogens is 366 g/mol. The van der Waals surface area contributed by atoms with Crippen molar-refractivity contribution >= 4 is 33.5 Å². The monoisotopic (exact) mass is 376 g/mol. The summed E-state index contributed by atoms with van der Waals surface area (Å²) in [5.41, 5.74) is 0.213. The molecule has 0 bridgehead atoms. The largest absolute Gasteiger partial charge is 0.865 e. The van der Waals surface area contributed by atoms with E-state index in [1.807, 2.05) is 0 Å². The van der Waals surface area contributed by atoms with Gasteiger partial charge in [-0.25, -0.2) is 0 Å². The Bertz CT molecular complexity index is 784. The van der Waals surface area contributed by atoms with Crippen molar-refractivity contribution in [1.29, 1.82) is 0 Å². The summed E-state index contributed by atoms with van der Waals surface area (Å²) in [7, 11) is 1.25. The number of methoxy groups -OCH3 is 1. The van der Waals surface area contributed by atoms with Crippen LogP contribution >= 0.6 is 15.9 Å². The van der Waals surface area contributed by atoms with E-state index in [0.717, 1.165) is 10.5 Å². The minimum Gasteiger partial charge on any atom is -0.865 e. The molecule has 2 rings (SSSR count). The number of halogens is 1. The van der Waals surface area contributed by atoms with Crippen molar-refractivity contribution in [2.45, 2.75) is 0 Å². The highest BCUT2D eigenvalue weighted by Gasteiger charge is 2.12. The van der Waals surface area contributed by atoms with E-state index >= 15 is 0 Å². The molecule has 0 saturated carbocycles. The maximum atomic E-state index is 12.0. The number of ketones is 1. The lowest BCUT2D eigenvalue weighted by atomic mass is 10.1. The summed E-state index contributed by atoms with van der Waals surface area (Å²) in [6.45, 7) is 0. The Labute approximate surface area is 140 Å². The predicted molar refractivity (Wildman–Crippen MR) is 86.6 cm³/mol. The van der Waals surface area contributed by atoms with E-state index in [2.05, 4.69) is 15.9 Å². The van der Waals surface area contributed by atoms with E-state index in [0.29, 0.717) is 11.1 Å². The number of rotatable bonds is 5. The molecule has 0 aliphatic rings. The molecule has 0 unspecified atom stereocenters. The molecule has 0 aliphatic carbocycles. The first-order valence-corrected chi connectivity index (χ1v) is 7.23. The van der Waals surface area contributed by atoms with Gasteiger partial charge in [0.15, 0.2) is 5.78 Å². The van der Waals surface area contributed by atoms with Gasteiger partial charge in [-0.2, -0.15) is 0 Å². The van der Waals surface area contributed by atoms with E-state index < -0.39 is 16.4 Å². The average Bonchev–Trinajstić information content (AvgIpc) is 2.53. The van der Waals surface area contributed by atoms with E-state index in [-0.39, 0.29) is 11.5 Å². The molecule has 6 nitrogen and oxygen atoms in total. The summed E-state index contributed by atoms with van der Waals surface area (Å²) in [6.07, 6.45) is 2.69. The first-order chi connectivity index (χ1) is 10.9. The number of hydrogen-bond donors (Lipinski definition) is 0. The third-order valence-corrected chi connectivity index (χ3v) is 3.56. The molecule has 0 amide bonds. The summed E-state index contributed by atoms with van der Waals surface area (Å²) >= 11 is 3.28. The van der Waals surface area contributed by atoms with E-state index in [1.54, 1.807) is 24.3 Å². The van der Waals surface area contributed by atoms with Gasteiger partial charge in [0.05, 0.1) is 12.0 Å². The van der Waals surface area contributed by atoms with Gasteiger partial charge in [0.1, 0.15) is 5.75 Å². The van der Waals surface area contributed by atoms with Crippen LogP contribution in [-0.4, -0.2) is 17.8 Å². The second-order valence-electron chi connectivity index (χ2n) is 4.53. The lowest BCUT2D eigenvalue weighted by molar-refractivity contribution is -0.398. The Hall–Kier alpha value is -2.67. The molecule has 7 heteroatoms. The lowest BCUT2D eigenvalue weighted by Gasteiger charge is -2.13. The fourth-order valence-corrected chi connectivity index (χ4v) is 2.14. The number of hydrogen-bond acceptors (Lipinski definition) is 5. The molecule has 23 heavy (non-hydrogen) atoms. The van der Waals surface area contributed by atoms with Gasteiger partial charge < -0.3 is 9.84 Å². The summed E-state index contributed by atoms with van der Waals surface area (Å²) in [6, 6.07) is 9.24. The van der Waals surface area contributed by atoms with E-state index in [4.69, 9.17) is 4.74 Å². The number of benzene rings is 2. The van der Waals surface area contributed by atoms with Crippen LogP contribution in [0.5, 0.6) is 11.5 Å². The minimum absolute atomic E-state index is 0.144. The number of carbonyl (C=O) groups is 1. The Kier molecular flexibility index (Phi) is 5.13. The summed E-state index contributed by atoms with van der Waals surface area (Å²) < 4.78 is 5.69. The Morgan fingerprint density at radius 2 is 1.91 bits per heavy atom.